The van der Waals surface area contributed by atoms with Crippen molar-refractivity contribution in [2.24, 2.45) is 18.0 Å². The van der Waals surface area contributed by atoms with Crippen molar-refractivity contribution in [2.45, 2.75) is 25.9 Å². The first-order valence-corrected chi connectivity index (χ1v) is 17.1. The molecule has 3 aliphatic rings. The third kappa shape index (κ3) is 3.82. The fraction of sp³-hybridized carbons (Fsp3) is 0.281. The standard InChI is InChI=1S/C32H31N5O3Si/c1-35-17-33-24-13-22-28(15-26(24)35)41(3,4)29-16-27-25(34-18-36(27)2)14-23(29)30(22)20-7-5-6-8-21(20)31(38)37-11-9-19(10-12-37)32(39)40/h5-8,13-19H,9-12H2,1-4H3/p+1. The number of carbonyl (C=O) groups excluding carboxylic acids is 1. The number of aliphatic carboxylic acids is 1. The molecule has 0 spiro atoms. The van der Waals surface area contributed by atoms with Gasteiger partial charge in [-0.3, -0.25) is 9.59 Å². The number of amides is 1. The van der Waals surface area contributed by atoms with Crippen LogP contribution in [0.2, 0.25) is 13.1 Å². The molecule has 0 aliphatic carbocycles. The molecule has 1 aromatic heterocycles. The minimum Gasteiger partial charge on any atom is -0.481 e. The molecule has 9 heteroatoms. The SMILES string of the molecule is Cn1cnc2cc3c(cc21)[Si](C)(C)c1cc2c(cc1=C3c1ccccc1C(=O)N1CCC(C(=O)O)CC1)N=C[N+]=2C. The van der Waals surface area contributed by atoms with Gasteiger partial charge in [-0.05, 0) is 74.4 Å². The number of aromatic nitrogens is 2. The molecule has 0 bridgehead atoms. The van der Waals surface area contributed by atoms with Gasteiger partial charge in [-0.25, -0.2) is 9.56 Å². The van der Waals surface area contributed by atoms with Crippen LogP contribution in [-0.2, 0) is 11.8 Å². The molecule has 1 amide bonds. The maximum absolute atomic E-state index is 14.1. The van der Waals surface area contributed by atoms with Gasteiger partial charge in [0.2, 0.25) is 5.69 Å². The van der Waals surface area contributed by atoms with E-state index in [1.165, 1.54) is 10.4 Å². The topological polar surface area (TPSA) is 90.8 Å². The number of hydrogen-bond acceptors (Lipinski definition) is 4. The van der Waals surface area contributed by atoms with Crippen LogP contribution in [0.3, 0.4) is 0 Å². The van der Waals surface area contributed by atoms with E-state index in [9.17, 15) is 14.7 Å². The zero-order valence-electron chi connectivity index (χ0n) is 23.7. The Labute approximate surface area is 238 Å². The zero-order valence-corrected chi connectivity index (χ0v) is 24.7. The van der Waals surface area contributed by atoms with Crippen molar-refractivity contribution >= 4 is 59.0 Å². The Kier molecular flexibility index (Phi) is 5.66. The minimum atomic E-state index is -2.18. The summed E-state index contributed by atoms with van der Waals surface area (Å²) in [4.78, 5) is 36.8. The molecule has 0 unspecified atom stereocenters. The predicted molar refractivity (Wildman–Crippen MR) is 163 cm³/mol. The summed E-state index contributed by atoms with van der Waals surface area (Å²) >= 11 is 0. The maximum atomic E-state index is 14.1. The van der Waals surface area contributed by atoms with Crippen molar-refractivity contribution < 1.29 is 14.7 Å². The Bertz CT molecular complexity index is 1960. The Balaban J connectivity index is 1.50. The van der Waals surface area contributed by atoms with Crippen LogP contribution in [0.15, 0.2) is 59.9 Å². The molecule has 1 fully saturated rings. The van der Waals surface area contributed by atoms with Crippen molar-refractivity contribution in [3.63, 3.8) is 0 Å². The monoisotopic (exact) mass is 562 g/mol. The number of rotatable bonds is 3. The lowest BCUT2D eigenvalue weighted by atomic mass is 9.89. The summed E-state index contributed by atoms with van der Waals surface area (Å²) in [6, 6.07) is 16.9. The molecule has 1 saturated heterocycles. The highest BCUT2D eigenvalue weighted by atomic mass is 28.3. The first kappa shape index (κ1) is 25.6. The fourth-order valence-electron chi connectivity index (χ4n) is 6.76. The quantitative estimate of drug-likeness (QED) is 0.304. The van der Waals surface area contributed by atoms with Crippen molar-refractivity contribution in [1.82, 2.24) is 19.0 Å². The largest absolute Gasteiger partial charge is 0.481 e. The molecule has 41 heavy (non-hydrogen) atoms. The molecular formula is C32H32N5O3Si+. The number of fused-ring (bicyclic) bond motifs is 4. The molecule has 4 aromatic rings. The van der Waals surface area contributed by atoms with E-state index in [1.807, 2.05) is 55.9 Å². The summed E-state index contributed by atoms with van der Waals surface area (Å²) in [6.45, 7) is 5.68. The van der Waals surface area contributed by atoms with Gasteiger partial charge in [-0.2, -0.15) is 0 Å². The minimum absolute atomic E-state index is 0.0556. The van der Waals surface area contributed by atoms with Crippen LogP contribution < -0.4 is 25.5 Å². The number of imidazole rings is 1. The second-order valence-electron chi connectivity index (χ2n) is 11.9. The molecule has 3 aromatic carbocycles. The molecule has 0 saturated carbocycles. The Hall–Kier alpha value is -4.37. The summed E-state index contributed by atoms with van der Waals surface area (Å²) in [7, 11) is 1.87. The maximum Gasteiger partial charge on any atom is 0.306 e. The highest BCUT2D eigenvalue weighted by molar-refractivity contribution is 7.01. The van der Waals surface area contributed by atoms with Crippen molar-refractivity contribution in [3.8, 4) is 0 Å². The smallest absolute Gasteiger partial charge is 0.306 e. The molecule has 0 radical (unpaired) electrons. The van der Waals surface area contributed by atoms with Gasteiger partial charge in [0, 0.05) is 31.8 Å². The van der Waals surface area contributed by atoms with Crippen LogP contribution in [0.4, 0.5) is 5.69 Å². The average molecular weight is 563 g/mol. The molecule has 0 atom stereocenters. The van der Waals surface area contributed by atoms with E-state index in [-0.39, 0.29) is 5.91 Å². The number of carboxylic acid groups (broad SMARTS) is 1. The highest BCUT2D eigenvalue weighted by Crippen LogP contribution is 2.31. The average Bonchev–Trinajstić information content (AvgIpc) is 3.52. The molecule has 7 rings (SSSR count). The van der Waals surface area contributed by atoms with Gasteiger partial charge >= 0.3 is 5.97 Å². The van der Waals surface area contributed by atoms with E-state index in [4.69, 9.17) is 0 Å². The van der Waals surface area contributed by atoms with Crippen molar-refractivity contribution in [1.29, 1.82) is 0 Å². The molecule has 1 N–H and O–H groups in total. The van der Waals surface area contributed by atoms with E-state index < -0.39 is 20.0 Å². The van der Waals surface area contributed by atoms with Gasteiger partial charge in [0.1, 0.15) is 8.07 Å². The number of hydrogen-bond donors (Lipinski definition) is 1. The fourth-order valence-corrected chi connectivity index (χ4v) is 9.79. The van der Waals surface area contributed by atoms with Crippen LogP contribution in [0, 0.1) is 5.92 Å². The molecule has 206 valence electrons. The summed E-state index contributed by atoms with van der Waals surface area (Å²) in [5, 5.41) is 14.3. The second-order valence-corrected chi connectivity index (χ2v) is 16.3. The summed E-state index contributed by atoms with van der Waals surface area (Å²) in [5.74, 6) is -1.23. The Morgan fingerprint density at radius 3 is 2.54 bits per heavy atom. The number of aryl methyl sites for hydroxylation is 1. The molecular weight excluding hydrogens is 530 g/mol. The van der Waals surface area contributed by atoms with Crippen LogP contribution in [-0.4, -0.2) is 66.0 Å². The van der Waals surface area contributed by atoms with Crippen LogP contribution >= 0.6 is 0 Å². The Morgan fingerprint density at radius 2 is 1.78 bits per heavy atom. The van der Waals surface area contributed by atoms with Crippen LogP contribution in [0.1, 0.15) is 34.3 Å². The van der Waals surface area contributed by atoms with Gasteiger partial charge < -0.3 is 14.6 Å². The van der Waals surface area contributed by atoms with Gasteiger partial charge in [-0.1, -0.05) is 31.3 Å². The molecule has 3 aliphatic heterocycles. The Morgan fingerprint density at radius 1 is 1.02 bits per heavy atom. The number of likely N-dealkylation sites (tertiary alicyclic amines) is 1. The number of carboxylic acids is 1. The third-order valence-electron chi connectivity index (χ3n) is 9.17. The van der Waals surface area contributed by atoms with E-state index in [0.717, 1.165) is 44.0 Å². The molecule has 8 nitrogen and oxygen atoms in total. The van der Waals surface area contributed by atoms with Crippen LogP contribution in [0.25, 0.3) is 16.6 Å². The summed E-state index contributed by atoms with van der Waals surface area (Å²) < 4.78 is 4.13. The lowest BCUT2D eigenvalue weighted by Crippen LogP contribution is -2.63. The number of aliphatic imine (C=N–C) groups is 1. The van der Waals surface area contributed by atoms with E-state index >= 15 is 0 Å². The predicted octanol–water partition coefficient (Wildman–Crippen LogP) is 1.69. The second kappa shape index (κ2) is 9.07. The van der Waals surface area contributed by atoms with Gasteiger partial charge in [-0.15, -0.1) is 0 Å². The molecule has 4 heterocycles. The third-order valence-corrected chi connectivity index (χ3v) is 12.7. The first-order valence-electron chi connectivity index (χ1n) is 14.1. The lowest BCUT2D eigenvalue weighted by Gasteiger charge is -2.34. The van der Waals surface area contributed by atoms with E-state index in [2.05, 4.69) is 56.5 Å². The van der Waals surface area contributed by atoms with E-state index in [0.29, 0.717) is 31.5 Å². The first-order chi connectivity index (χ1) is 19.6. The highest BCUT2D eigenvalue weighted by Gasteiger charge is 2.38. The summed E-state index contributed by atoms with van der Waals surface area (Å²) in [6.07, 6.45) is 4.66. The lowest BCUT2D eigenvalue weighted by molar-refractivity contribution is -0.143. The van der Waals surface area contributed by atoms with Gasteiger partial charge in [0.05, 0.1) is 30.3 Å². The number of benzene rings is 3. The normalized spacial score (nSPS) is 17.5. The summed E-state index contributed by atoms with van der Waals surface area (Å²) in [5.41, 5.74) is 6.63. The number of piperidine rings is 1. The van der Waals surface area contributed by atoms with E-state index in [1.54, 1.807) is 0 Å². The van der Waals surface area contributed by atoms with Crippen molar-refractivity contribution in [2.75, 3.05) is 20.1 Å². The van der Waals surface area contributed by atoms with Crippen molar-refractivity contribution in [3.05, 3.63) is 82.1 Å². The van der Waals surface area contributed by atoms with Crippen LogP contribution in [0.5, 0.6) is 0 Å². The van der Waals surface area contributed by atoms with Gasteiger partial charge in [0.15, 0.2) is 5.36 Å². The van der Waals surface area contributed by atoms with Gasteiger partial charge in [0.25, 0.3) is 12.2 Å². The number of carbonyl (C=O) groups is 2. The number of nitrogens with zero attached hydrogens (tertiary/aromatic N) is 5. The zero-order chi connectivity index (χ0) is 28.6.